The van der Waals surface area contributed by atoms with E-state index in [0.717, 1.165) is 29.1 Å². The SMILES string of the molecule is COC1=C(OCc2ccccc2)[CH]CC=C1CCl. The summed E-state index contributed by atoms with van der Waals surface area (Å²) < 4.78 is 11.2. The van der Waals surface area contributed by atoms with E-state index in [-0.39, 0.29) is 0 Å². The fraction of sp³-hybridized carbons (Fsp3) is 0.267. The molecule has 0 spiro atoms. The summed E-state index contributed by atoms with van der Waals surface area (Å²) >= 11 is 5.88. The molecular weight excluding hydrogens is 248 g/mol. The molecule has 0 heterocycles. The number of alkyl halides is 1. The number of allylic oxidation sites excluding steroid dienone is 3. The number of halogens is 1. The molecule has 1 aromatic rings. The van der Waals surface area contributed by atoms with Crippen LogP contribution < -0.4 is 0 Å². The molecule has 0 saturated heterocycles. The maximum absolute atomic E-state index is 5.88. The first-order chi connectivity index (χ1) is 8.85. The van der Waals surface area contributed by atoms with Crippen molar-refractivity contribution >= 4 is 11.6 Å². The number of methoxy groups -OCH3 is 1. The number of rotatable bonds is 5. The lowest BCUT2D eigenvalue weighted by Gasteiger charge is -2.19. The Bertz CT molecular complexity index is 449. The van der Waals surface area contributed by atoms with Crippen LogP contribution in [0.3, 0.4) is 0 Å². The van der Waals surface area contributed by atoms with Crippen LogP contribution in [0.5, 0.6) is 0 Å². The summed E-state index contributed by atoms with van der Waals surface area (Å²) in [6.45, 7) is 0.537. The molecule has 2 nitrogen and oxygen atoms in total. The molecule has 0 aliphatic heterocycles. The second-order valence-electron chi connectivity index (χ2n) is 3.97. The van der Waals surface area contributed by atoms with Gasteiger partial charge in [0.2, 0.25) is 0 Å². The predicted octanol–water partition coefficient (Wildman–Crippen LogP) is 3.83. The standard InChI is InChI=1S/C15H16ClO2/c1-17-15-13(10-16)8-5-9-14(15)18-11-12-6-3-2-4-7-12/h2-4,6-9H,5,10-11H2,1H3. The largest absolute Gasteiger partial charge is 0.493 e. The van der Waals surface area contributed by atoms with Gasteiger partial charge in [0.1, 0.15) is 12.4 Å². The van der Waals surface area contributed by atoms with Crippen molar-refractivity contribution < 1.29 is 9.47 Å². The van der Waals surface area contributed by atoms with E-state index in [1.807, 2.05) is 36.8 Å². The third-order valence-corrected chi connectivity index (χ3v) is 3.06. The van der Waals surface area contributed by atoms with E-state index in [0.29, 0.717) is 12.5 Å². The quantitative estimate of drug-likeness (QED) is 0.752. The van der Waals surface area contributed by atoms with Crippen LogP contribution in [0.25, 0.3) is 0 Å². The lowest BCUT2D eigenvalue weighted by atomic mass is 10.0. The Balaban J connectivity index is 2.07. The molecule has 95 valence electrons. The molecule has 0 unspecified atom stereocenters. The van der Waals surface area contributed by atoms with Crippen LogP contribution in [0, 0.1) is 6.42 Å². The minimum atomic E-state index is 0.440. The van der Waals surface area contributed by atoms with Crippen molar-refractivity contribution in [3.05, 3.63) is 65.5 Å². The van der Waals surface area contributed by atoms with E-state index in [1.165, 1.54) is 0 Å². The zero-order valence-electron chi connectivity index (χ0n) is 10.4. The molecule has 0 amide bonds. The average Bonchev–Trinajstić information content (AvgIpc) is 2.45. The van der Waals surface area contributed by atoms with Crippen LogP contribution >= 0.6 is 11.6 Å². The van der Waals surface area contributed by atoms with E-state index in [2.05, 4.69) is 6.08 Å². The zero-order chi connectivity index (χ0) is 12.8. The summed E-state index contributed by atoms with van der Waals surface area (Å²) in [7, 11) is 1.64. The minimum Gasteiger partial charge on any atom is -0.493 e. The van der Waals surface area contributed by atoms with Gasteiger partial charge in [-0.05, 0) is 12.0 Å². The van der Waals surface area contributed by atoms with Gasteiger partial charge in [-0.3, -0.25) is 0 Å². The molecule has 0 atom stereocenters. The van der Waals surface area contributed by atoms with Gasteiger partial charge in [0, 0.05) is 12.0 Å². The van der Waals surface area contributed by atoms with Gasteiger partial charge in [-0.1, -0.05) is 36.4 Å². The smallest absolute Gasteiger partial charge is 0.160 e. The number of hydrogen-bond acceptors (Lipinski definition) is 2. The van der Waals surface area contributed by atoms with Crippen LogP contribution in [-0.4, -0.2) is 13.0 Å². The Kier molecular flexibility index (Phi) is 4.71. The Morgan fingerprint density at radius 2 is 2.00 bits per heavy atom. The Labute approximate surface area is 113 Å². The fourth-order valence-corrected chi connectivity index (χ4v) is 2.09. The number of hydrogen-bond donors (Lipinski definition) is 0. The molecule has 1 aromatic carbocycles. The molecule has 2 rings (SSSR count). The van der Waals surface area contributed by atoms with Crippen molar-refractivity contribution in [1.82, 2.24) is 0 Å². The molecule has 0 fully saturated rings. The highest BCUT2D eigenvalue weighted by Gasteiger charge is 2.17. The van der Waals surface area contributed by atoms with Crippen LogP contribution in [0.1, 0.15) is 12.0 Å². The molecule has 1 aliphatic rings. The van der Waals surface area contributed by atoms with E-state index in [4.69, 9.17) is 21.1 Å². The highest BCUT2D eigenvalue weighted by molar-refractivity contribution is 6.19. The summed E-state index contributed by atoms with van der Waals surface area (Å²) in [5.74, 6) is 1.96. The molecule has 0 N–H and O–H groups in total. The fourth-order valence-electron chi connectivity index (χ4n) is 1.86. The van der Waals surface area contributed by atoms with Gasteiger partial charge in [0.25, 0.3) is 0 Å². The number of benzene rings is 1. The zero-order valence-corrected chi connectivity index (χ0v) is 11.1. The van der Waals surface area contributed by atoms with Crippen molar-refractivity contribution in [3.63, 3.8) is 0 Å². The highest BCUT2D eigenvalue weighted by atomic mass is 35.5. The van der Waals surface area contributed by atoms with Crippen LogP contribution in [0.15, 0.2) is 53.5 Å². The van der Waals surface area contributed by atoms with Crippen molar-refractivity contribution in [2.45, 2.75) is 13.0 Å². The van der Waals surface area contributed by atoms with Gasteiger partial charge in [-0.15, -0.1) is 11.6 Å². The maximum Gasteiger partial charge on any atom is 0.160 e. The topological polar surface area (TPSA) is 18.5 Å². The number of ether oxygens (including phenoxy) is 2. The molecular formula is C15H16ClO2. The molecule has 18 heavy (non-hydrogen) atoms. The summed E-state index contributed by atoms with van der Waals surface area (Å²) in [5.41, 5.74) is 2.13. The first kappa shape index (κ1) is 13.0. The van der Waals surface area contributed by atoms with Crippen molar-refractivity contribution in [2.24, 2.45) is 0 Å². The Morgan fingerprint density at radius 3 is 2.67 bits per heavy atom. The first-order valence-corrected chi connectivity index (χ1v) is 6.42. The van der Waals surface area contributed by atoms with Gasteiger partial charge in [0.15, 0.2) is 5.76 Å². The van der Waals surface area contributed by atoms with E-state index >= 15 is 0 Å². The Morgan fingerprint density at radius 1 is 1.22 bits per heavy atom. The first-order valence-electron chi connectivity index (χ1n) is 5.88. The van der Waals surface area contributed by atoms with Gasteiger partial charge in [-0.2, -0.15) is 0 Å². The second kappa shape index (κ2) is 6.50. The molecule has 1 aliphatic carbocycles. The molecule has 1 radical (unpaired) electrons. The van der Waals surface area contributed by atoms with Crippen LogP contribution in [0.2, 0.25) is 0 Å². The van der Waals surface area contributed by atoms with E-state index in [1.54, 1.807) is 7.11 Å². The lowest BCUT2D eigenvalue weighted by molar-refractivity contribution is 0.173. The molecule has 0 aromatic heterocycles. The Hall–Kier alpha value is -1.41. The second-order valence-corrected chi connectivity index (χ2v) is 4.24. The molecule has 3 heteroatoms. The average molecular weight is 264 g/mol. The van der Waals surface area contributed by atoms with Crippen molar-refractivity contribution in [2.75, 3.05) is 13.0 Å². The van der Waals surface area contributed by atoms with Crippen molar-refractivity contribution in [3.8, 4) is 0 Å². The maximum atomic E-state index is 5.88. The predicted molar refractivity (Wildman–Crippen MR) is 73.0 cm³/mol. The normalized spacial score (nSPS) is 15.3. The van der Waals surface area contributed by atoms with Gasteiger partial charge in [-0.25, -0.2) is 0 Å². The van der Waals surface area contributed by atoms with Crippen LogP contribution in [0.4, 0.5) is 0 Å². The van der Waals surface area contributed by atoms with Gasteiger partial charge >= 0.3 is 0 Å². The summed E-state index contributed by atoms with van der Waals surface area (Å²) in [6, 6.07) is 10.1. The summed E-state index contributed by atoms with van der Waals surface area (Å²) in [4.78, 5) is 0. The third kappa shape index (κ3) is 3.08. The highest BCUT2D eigenvalue weighted by Crippen LogP contribution is 2.27. The molecule has 0 bridgehead atoms. The minimum absolute atomic E-state index is 0.440. The summed E-state index contributed by atoms with van der Waals surface area (Å²) in [5, 5.41) is 0. The lowest BCUT2D eigenvalue weighted by Crippen LogP contribution is -2.08. The summed E-state index contributed by atoms with van der Waals surface area (Å²) in [6.07, 6.45) is 4.90. The monoisotopic (exact) mass is 263 g/mol. The van der Waals surface area contributed by atoms with Crippen molar-refractivity contribution in [1.29, 1.82) is 0 Å². The van der Waals surface area contributed by atoms with Gasteiger partial charge in [0.05, 0.1) is 13.0 Å². The van der Waals surface area contributed by atoms with E-state index in [9.17, 15) is 0 Å². The molecule has 0 saturated carbocycles. The third-order valence-electron chi connectivity index (χ3n) is 2.77. The van der Waals surface area contributed by atoms with Gasteiger partial charge < -0.3 is 9.47 Å². The van der Waals surface area contributed by atoms with Crippen LogP contribution in [-0.2, 0) is 16.1 Å². The van der Waals surface area contributed by atoms with E-state index < -0.39 is 0 Å².